The quantitative estimate of drug-likeness (QED) is 0.389. The van der Waals surface area contributed by atoms with Gasteiger partial charge in [-0.3, -0.25) is 0 Å². The number of rotatable bonds is 5. The maximum absolute atomic E-state index is 13.1. The molecule has 0 aliphatic carbocycles. The highest BCUT2D eigenvalue weighted by molar-refractivity contribution is 5.89. The van der Waals surface area contributed by atoms with Gasteiger partial charge < -0.3 is 4.84 Å². The number of aromatic nitrogens is 1. The van der Waals surface area contributed by atoms with E-state index in [0.29, 0.717) is 23.1 Å². The van der Waals surface area contributed by atoms with Gasteiger partial charge >= 0.3 is 12.1 Å². The summed E-state index contributed by atoms with van der Waals surface area (Å²) in [6, 6.07) is 20.6. The fourth-order valence-electron chi connectivity index (χ4n) is 3.66. The SMILES string of the molecule is CC(=O)On1cc(CCc2ccccc2)c2cc(-c3cccc(C(F)(F)F)c3)ccc21. The Labute approximate surface area is 177 Å². The zero-order valence-electron chi connectivity index (χ0n) is 16.8. The van der Waals surface area contributed by atoms with Crippen LogP contribution in [0.5, 0.6) is 0 Å². The van der Waals surface area contributed by atoms with Crippen LogP contribution >= 0.6 is 0 Å². The molecule has 0 saturated carbocycles. The molecule has 0 atom stereocenters. The molecule has 0 amide bonds. The minimum absolute atomic E-state index is 0.450. The molecule has 158 valence electrons. The second-order valence-corrected chi connectivity index (χ2v) is 7.36. The summed E-state index contributed by atoms with van der Waals surface area (Å²) in [7, 11) is 0. The minimum atomic E-state index is -4.40. The molecule has 0 N–H and O–H groups in total. The van der Waals surface area contributed by atoms with Gasteiger partial charge in [-0.15, -0.1) is 0 Å². The van der Waals surface area contributed by atoms with Gasteiger partial charge in [0.1, 0.15) is 0 Å². The Hall–Kier alpha value is -3.54. The number of aryl methyl sites for hydroxylation is 2. The van der Waals surface area contributed by atoms with Gasteiger partial charge in [-0.2, -0.15) is 17.9 Å². The van der Waals surface area contributed by atoms with E-state index in [0.717, 1.165) is 29.5 Å². The lowest BCUT2D eigenvalue weighted by Gasteiger charge is -2.10. The molecule has 0 aliphatic heterocycles. The molecule has 3 aromatic carbocycles. The maximum atomic E-state index is 13.1. The Morgan fingerprint density at radius 2 is 1.65 bits per heavy atom. The van der Waals surface area contributed by atoms with Crippen LogP contribution in [0.4, 0.5) is 13.2 Å². The Morgan fingerprint density at radius 1 is 0.903 bits per heavy atom. The van der Waals surface area contributed by atoms with Gasteiger partial charge in [0.25, 0.3) is 0 Å². The summed E-state index contributed by atoms with van der Waals surface area (Å²) in [5.41, 5.74) is 3.27. The number of fused-ring (bicyclic) bond motifs is 1. The van der Waals surface area contributed by atoms with Crippen LogP contribution in [0.25, 0.3) is 22.0 Å². The van der Waals surface area contributed by atoms with E-state index in [-0.39, 0.29) is 0 Å². The third-order valence-corrected chi connectivity index (χ3v) is 5.13. The smallest absolute Gasteiger partial charge is 0.337 e. The summed E-state index contributed by atoms with van der Waals surface area (Å²) in [6.07, 6.45) is -1.15. The van der Waals surface area contributed by atoms with Crippen molar-refractivity contribution in [2.45, 2.75) is 25.9 Å². The highest BCUT2D eigenvalue weighted by Gasteiger charge is 2.30. The summed E-state index contributed by atoms with van der Waals surface area (Å²) in [5.74, 6) is -0.450. The number of carbonyl (C=O) groups excluding carboxylic acids is 1. The van der Waals surface area contributed by atoms with Gasteiger partial charge in [-0.05, 0) is 59.4 Å². The lowest BCUT2D eigenvalue weighted by Crippen LogP contribution is -2.15. The van der Waals surface area contributed by atoms with Crippen LogP contribution in [-0.4, -0.2) is 10.7 Å². The summed E-state index contributed by atoms with van der Waals surface area (Å²) >= 11 is 0. The molecule has 0 aliphatic rings. The minimum Gasteiger partial charge on any atom is -0.337 e. The lowest BCUT2D eigenvalue weighted by atomic mass is 9.99. The van der Waals surface area contributed by atoms with Gasteiger partial charge in [0.2, 0.25) is 0 Å². The largest absolute Gasteiger partial charge is 0.416 e. The summed E-state index contributed by atoms with van der Waals surface area (Å²) in [6.45, 7) is 1.33. The van der Waals surface area contributed by atoms with E-state index in [1.165, 1.54) is 23.3 Å². The van der Waals surface area contributed by atoms with Gasteiger partial charge in [-0.1, -0.05) is 48.5 Å². The molecule has 0 unspecified atom stereocenters. The van der Waals surface area contributed by atoms with E-state index < -0.39 is 17.7 Å². The van der Waals surface area contributed by atoms with Gasteiger partial charge in [-0.25, -0.2) is 4.79 Å². The number of hydrogen-bond acceptors (Lipinski definition) is 2. The van der Waals surface area contributed by atoms with Crippen LogP contribution in [0.2, 0.25) is 0 Å². The molecule has 0 spiro atoms. The van der Waals surface area contributed by atoms with Crippen molar-refractivity contribution in [3.8, 4) is 11.1 Å². The highest BCUT2D eigenvalue weighted by Crippen LogP contribution is 2.34. The number of halogens is 3. The van der Waals surface area contributed by atoms with E-state index >= 15 is 0 Å². The molecule has 1 aromatic heterocycles. The van der Waals surface area contributed by atoms with E-state index in [2.05, 4.69) is 0 Å². The van der Waals surface area contributed by atoms with Crippen LogP contribution in [0.1, 0.15) is 23.6 Å². The molecule has 4 aromatic rings. The van der Waals surface area contributed by atoms with E-state index in [1.54, 1.807) is 24.4 Å². The first-order valence-electron chi connectivity index (χ1n) is 9.86. The Balaban J connectivity index is 1.75. The molecule has 1 heterocycles. The highest BCUT2D eigenvalue weighted by atomic mass is 19.4. The molecule has 0 bridgehead atoms. The van der Waals surface area contributed by atoms with Crippen molar-refractivity contribution in [3.63, 3.8) is 0 Å². The summed E-state index contributed by atoms with van der Waals surface area (Å²) < 4.78 is 40.8. The normalized spacial score (nSPS) is 11.6. The molecule has 0 fully saturated rings. The number of carbonyl (C=O) groups is 1. The average molecular weight is 423 g/mol. The molecule has 3 nitrogen and oxygen atoms in total. The Bertz CT molecular complexity index is 1230. The van der Waals surface area contributed by atoms with Crippen LogP contribution in [0.3, 0.4) is 0 Å². The first-order valence-corrected chi connectivity index (χ1v) is 9.86. The topological polar surface area (TPSA) is 31.2 Å². The van der Waals surface area contributed by atoms with Crippen molar-refractivity contribution in [2.75, 3.05) is 0 Å². The number of benzene rings is 3. The van der Waals surface area contributed by atoms with Crippen molar-refractivity contribution in [1.82, 2.24) is 4.73 Å². The number of alkyl halides is 3. The van der Waals surface area contributed by atoms with Crippen molar-refractivity contribution in [1.29, 1.82) is 0 Å². The van der Waals surface area contributed by atoms with Crippen LogP contribution in [0.15, 0.2) is 79.0 Å². The molecular formula is C25H20F3NO2. The van der Waals surface area contributed by atoms with Gasteiger partial charge in [0.05, 0.1) is 11.1 Å². The van der Waals surface area contributed by atoms with Crippen molar-refractivity contribution in [2.24, 2.45) is 0 Å². The van der Waals surface area contributed by atoms with Gasteiger partial charge in [0, 0.05) is 18.5 Å². The van der Waals surface area contributed by atoms with Gasteiger partial charge in [0.15, 0.2) is 0 Å². The third kappa shape index (κ3) is 4.63. The predicted octanol–water partition coefficient (Wildman–Crippen LogP) is 6.09. The molecule has 0 radical (unpaired) electrons. The van der Waals surface area contributed by atoms with Crippen LogP contribution in [0, 0.1) is 0 Å². The zero-order valence-corrected chi connectivity index (χ0v) is 16.8. The van der Waals surface area contributed by atoms with Crippen molar-refractivity contribution in [3.05, 3.63) is 95.7 Å². The molecule has 6 heteroatoms. The van der Waals surface area contributed by atoms with Crippen molar-refractivity contribution < 1.29 is 22.8 Å². The standard InChI is InChI=1S/C25H20F3NO2/c1-17(30)31-29-16-21(11-10-18-6-3-2-4-7-18)23-15-20(12-13-24(23)29)19-8-5-9-22(14-19)25(26,27)28/h2-9,12-16H,10-11H2,1H3. The van der Waals surface area contributed by atoms with Crippen LogP contribution < -0.4 is 4.84 Å². The third-order valence-electron chi connectivity index (χ3n) is 5.13. The Kier molecular flexibility index (Phi) is 5.55. The Morgan fingerprint density at radius 3 is 2.35 bits per heavy atom. The molecule has 4 rings (SSSR count). The fourth-order valence-corrected chi connectivity index (χ4v) is 3.66. The maximum Gasteiger partial charge on any atom is 0.416 e. The second kappa shape index (κ2) is 8.30. The first-order chi connectivity index (χ1) is 14.8. The molecular weight excluding hydrogens is 403 g/mol. The number of hydrogen-bond donors (Lipinski definition) is 0. The van der Waals surface area contributed by atoms with E-state index in [4.69, 9.17) is 4.84 Å². The van der Waals surface area contributed by atoms with Crippen LogP contribution in [-0.2, 0) is 23.8 Å². The molecule has 0 saturated heterocycles. The second-order valence-electron chi connectivity index (χ2n) is 7.36. The number of nitrogens with zero attached hydrogens (tertiary/aromatic N) is 1. The van der Waals surface area contributed by atoms with E-state index in [1.807, 2.05) is 36.4 Å². The first kappa shape index (κ1) is 20.7. The summed E-state index contributed by atoms with van der Waals surface area (Å²) in [4.78, 5) is 16.8. The lowest BCUT2D eigenvalue weighted by molar-refractivity contribution is -0.141. The average Bonchev–Trinajstić information content (AvgIpc) is 3.08. The predicted molar refractivity (Wildman–Crippen MR) is 113 cm³/mol. The van der Waals surface area contributed by atoms with Crippen molar-refractivity contribution >= 4 is 16.9 Å². The van der Waals surface area contributed by atoms with E-state index in [9.17, 15) is 18.0 Å². The summed E-state index contributed by atoms with van der Waals surface area (Å²) in [5, 5.41) is 0.840. The fraction of sp³-hybridized carbons (Fsp3) is 0.160. The monoisotopic (exact) mass is 423 g/mol. The molecule has 31 heavy (non-hydrogen) atoms. The zero-order chi connectivity index (χ0) is 22.0.